The molecule has 0 aliphatic heterocycles. The number of benzene rings is 1. The number of hydrogen-bond acceptors (Lipinski definition) is 4. The first-order valence-corrected chi connectivity index (χ1v) is 9.72. The summed E-state index contributed by atoms with van der Waals surface area (Å²) in [5.74, 6) is -2.48. The number of ether oxygens (including phenoxy) is 1. The van der Waals surface area contributed by atoms with Crippen LogP contribution in [0.4, 0.5) is 36.4 Å². The Morgan fingerprint density at radius 3 is 2.31 bits per heavy atom. The molecular formula is C22H15F7N4O2. The second-order valence-corrected chi connectivity index (χ2v) is 7.05. The Kier molecular flexibility index (Phi) is 7.16. The molecule has 0 aliphatic rings. The molecular weight excluding hydrogens is 485 g/mol. The highest BCUT2D eigenvalue weighted by molar-refractivity contribution is 6.05. The van der Waals surface area contributed by atoms with Crippen molar-refractivity contribution < 1.29 is 40.3 Å². The van der Waals surface area contributed by atoms with Gasteiger partial charge < -0.3 is 9.64 Å². The summed E-state index contributed by atoms with van der Waals surface area (Å²) in [5, 5.41) is 9.38. The van der Waals surface area contributed by atoms with Gasteiger partial charge in [-0.2, -0.15) is 31.6 Å². The number of hydrogen-bond donors (Lipinski definition) is 0. The van der Waals surface area contributed by atoms with Crippen LogP contribution in [0.5, 0.6) is 0 Å². The number of amides is 1. The number of halogens is 7. The predicted octanol–water partition coefficient (Wildman–Crippen LogP) is 5.21. The van der Waals surface area contributed by atoms with Crippen molar-refractivity contribution in [2.45, 2.75) is 12.4 Å². The van der Waals surface area contributed by atoms with Crippen molar-refractivity contribution in [1.29, 1.82) is 5.26 Å². The molecule has 0 spiro atoms. The third-order valence-electron chi connectivity index (χ3n) is 4.81. The van der Waals surface area contributed by atoms with E-state index in [0.717, 1.165) is 29.3 Å². The molecule has 2 aromatic heterocycles. The number of methoxy groups -OCH3 is 1. The molecule has 0 bridgehead atoms. The van der Waals surface area contributed by atoms with Crippen LogP contribution in [0.25, 0.3) is 5.82 Å². The molecule has 1 amide bonds. The fraction of sp³-hybridized carbons (Fsp3) is 0.227. The fourth-order valence-electron chi connectivity index (χ4n) is 3.21. The molecule has 0 aliphatic carbocycles. The molecule has 0 saturated heterocycles. The highest BCUT2D eigenvalue weighted by Crippen LogP contribution is 2.38. The van der Waals surface area contributed by atoms with Gasteiger partial charge >= 0.3 is 12.4 Å². The van der Waals surface area contributed by atoms with Gasteiger partial charge in [-0.3, -0.25) is 9.36 Å². The monoisotopic (exact) mass is 500 g/mol. The predicted molar refractivity (Wildman–Crippen MR) is 108 cm³/mol. The van der Waals surface area contributed by atoms with Gasteiger partial charge in [0.05, 0.1) is 12.2 Å². The maximum Gasteiger partial charge on any atom is 0.433 e. The third-order valence-corrected chi connectivity index (χ3v) is 4.81. The first-order valence-electron chi connectivity index (χ1n) is 9.72. The van der Waals surface area contributed by atoms with Crippen LogP contribution < -0.4 is 4.90 Å². The Bertz CT molecular complexity index is 1260. The van der Waals surface area contributed by atoms with E-state index >= 15 is 0 Å². The number of rotatable bonds is 6. The molecule has 0 atom stereocenters. The average molecular weight is 500 g/mol. The summed E-state index contributed by atoms with van der Waals surface area (Å²) < 4.78 is 99.6. The lowest BCUT2D eigenvalue weighted by Crippen LogP contribution is -2.35. The van der Waals surface area contributed by atoms with E-state index in [9.17, 15) is 40.8 Å². The maximum atomic E-state index is 13.5. The molecule has 3 aromatic rings. The zero-order chi connectivity index (χ0) is 26.0. The number of pyridine rings is 1. The fourth-order valence-corrected chi connectivity index (χ4v) is 3.21. The van der Waals surface area contributed by atoms with Gasteiger partial charge in [0.1, 0.15) is 28.8 Å². The lowest BCUT2D eigenvalue weighted by Gasteiger charge is -2.24. The first kappa shape index (κ1) is 25.7. The topological polar surface area (TPSA) is 71.2 Å². The number of aromatic nitrogens is 2. The van der Waals surface area contributed by atoms with Crippen molar-refractivity contribution in [2.75, 3.05) is 25.2 Å². The highest BCUT2D eigenvalue weighted by Gasteiger charge is 2.41. The lowest BCUT2D eigenvalue weighted by molar-refractivity contribution is -0.145. The summed E-state index contributed by atoms with van der Waals surface area (Å²) in [7, 11) is 1.35. The van der Waals surface area contributed by atoms with E-state index in [0.29, 0.717) is 4.57 Å². The Hall–Kier alpha value is -3.92. The van der Waals surface area contributed by atoms with Crippen LogP contribution >= 0.6 is 0 Å². The van der Waals surface area contributed by atoms with Crippen LogP contribution in [0.2, 0.25) is 0 Å². The molecule has 184 valence electrons. The summed E-state index contributed by atoms with van der Waals surface area (Å²) >= 11 is 0. The standard InChI is InChI=1S/C22H15F7N4O2/c1-35-10-9-32(14-6-4-13(23)5-7-14)20(34)17-3-2-8-33(17)19-15(12-30)16(21(24,25)26)11-18(31-19)22(27,28)29/h2-8,11H,9-10H2,1H3. The van der Waals surface area contributed by atoms with Crippen LogP contribution in [-0.2, 0) is 17.1 Å². The molecule has 1 aromatic carbocycles. The summed E-state index contributed by atoms with van der Waals surface area (Å²) in [6.07, 6.45) is -9.56. The van der Waals surface area contributed by atoms with E-state index in [1.54, 1.807) is 0 Å². The largest absolute Gasteiger partial charge is 0.433 e. The molecule has 0 fully saturated rings. The van der Waals surface area contributed by atoms with Gasteiger partial charge in [0, 0.05) is 25.5 Å². The van der Waals surface area contributed by atoms with Gasteiger partial charge in [0.2, 0.25) is 0 Å². The van der Waals surface area contributed by atoms with E-state index in [4.69, 9.17) is 4.74 Å². The number of nitriles is 1. The highest BCUT2D eigenvalue weighted by atomic mass is 19.4. The quantitative estimate of drug-likeness (QED) is 0.436. The van der Waals surface area contributed by atoms with Gasteiger partial charge in [0.15, 0.2) is 5.82 Å². The Labute approximate surface area is 193 Å². The van der Waals surface area contributed by atoms with E-state index in [2.05, 4.69) is 4.98 Å². The van der Waals surface area contributed by atoms with Crippen molar-refractivity contribution in [3.63, 3.8) is 0 Å². The lowest BCUT2D eigenvalue weighted by atomic mass is 10.1. The van der Waals surface area contributed by atoms with Crippen LogP contribution in [0, 0.1) is 17.1 Å². The van der Waals surface area contributed by atoms with Crippen LogP contribution in [-0.4, -0.2) is 35.7 Å². The van der Waals surface area contributed by atoms with Crippen LogP contribution in [0.3, 0.4) is 0 Å². The molecule has 35 heavy (non-hydrogen) atoms. The molecule has 0 unspecified atom stereocenters. The van der Waals surface area contributed by atoms with Crippen molar-refractivity contribution in [3.05, 3.63) is 77.0 Å². The van der Waals surface area contributed by atoms with Crippen molar-refractivity contribution in [1.82, 2.24) is 9.55 Å². The van der Waals surface area contributed by atoms with Gasteiger partial charge in [-0.1, -0.05) is 0 Å². The van der Waals surface area contributed by atoms with Gasteiger partial charge in [-0.05, 0) is 42.5 Å². The maximum absolute atomic E-state index is 13.5. The summed E-state index contributed by atoms with van der Waals surface area (Å²) in [5.41, 5.74) is -5.13. The zero-order valence-corrected chi connectivity index (χ0v) is 17.8. The summed E-state index contributed by atoms with van der Waals surface area (Å²) in [6.45, 7) is -0.0750. The summed E-state index contributed by atoms with van der Waals surface area (Å²) in [4.78, 5) is 17.7. The normalized spacial score (nSPS) is 11.9. The van der Waals surface area contributed by atoms with E-state index in [1.807, 2.05) is 0 Å². The number of alkyl halides is 6. The molecule has 0 saturated carbocycles. The van der Waals surface area contributed by atoms with Gasteiger partial charge in [-0.25, -0.2) is 9.37 Å². The second kappa shape index (κ2) is 9.75. The van der Waals surface area contributed by atoms with E-state index < -0.39 is 46.7 Å². The van der Waals surface area contributed by atoms with Crippen LogP contribution in [0.1, 0.15) is 27.3 Å². The Balaban J connectivity index is 2.21. The third kappa shape index (κ3) is 5.43. The number of carbonyl (C=O) groups is 1. The van der Waals surface area contributed by atoms with Crippen molar-refractivity contribution in [2.24, 2.45) is 0 Å². The Morgan fingerprint density at radius 1 is 1.11 bits per heavy atom. The van der Waals surface area contributed by atoms with Gasteiger partial charge in [-0.15, -0.1) is 0 Å². The first-order chi connectivity index (χ1) is 16.4. The summed E-state index contributed by atoms with van der Waals surface area (Å²) in [6, 6.07) is 8.00. The molecule has 2 heterocycles. The van der Waals surface area contributed by atoms with E-state index in [-0.39, 0.29) is 30.6 Å². The number of anilines is 1. The van der Waals surface area contributed by atoms with E-state index in [1.165, 1.54) is 31.4 Å². The molecule has 0 radical (unpaired) electrons. The number of nitrogens with zero attached hydrogens (tertiary/aromatic N) is 4. The zero-order valence-electron chi connectivity index (χ0n) is 17.8. The molecule has 13 heteroatoms. The van der Waals surface area contributed by atoms with Crippen molar-refractivity contribution >= 4 is 11.6 Å². The van der Waals surface area contributed by atoms with Crippen molar-refractivity contribution in [3.8, 4) is 11.9 Å². The minimum atomic E-state index is -5.31. The minimum absolute atomic E-state index is 0.00724. The number of carbonyl (C=O) groups excluding carboxylic acids is 1. The molecule has 0 N–H and O–H groups in total. The van der Waals surface area contributed by atoms with Crippen LogP contribution in [0.15, 0.2) is 48.7 Å². The SMILES string of the molecule is COCCN(C(=O)c1cccn1-c1nc(C(F)(F)F)cc(C(F)(F)F)c1C#N)c1ccc(F)cc1. The molecule has 3 rings (SSSR count). The second-order valence-electron chi connectivity index (χ2n) is 7.05. The average Bonchev–Trinajstić information content (AvgIpc) is 3.28. The Morgan fingerprint density at radius 2 is 1.77 bits per heavy atom. The smallest absolute Gasteiger partial charge is 0.383 e. The molecule has 6 nitrogen and oxygen atoms in total. The minimum Gasteiger partial charge on any atom is -0.383 e. The van der Waals surface area contributed by atoms with Gasteiger partial charge in [0.25, 0.3) is 5.91 Å².